The van der Waals surface area contributed by atoms with E-state index in [2.05, 4.69) is 199 Å². The second kappa shape index (κ2) is 26.4. The Labute approximate surface area is 677 Å². The van der Waals surface area contributed by atoms with E-state index in [4.69, 9.17) is 24.9 Å². The number of aromatic nitrogens is 10. The van der Waals surface area contributed by atoms with Gasteiger partial charge in [0.05, 0.1) is 94.7 Å². The molecule has 6 aromatic heterocycles. The second-order valence-electron chi connectivity index (χ2n) is 30.5. The van der Waals surface area contributed by atoms with E-state index >= 15 is 13.7 Å². The first-order chi connectivity index (χ1) is 57.9. The van der Waals surface area contributed by atoms with Gasteiger partial charge in [0.1, 0.15) is 17.5 Å². The molecular weight excluding hydrogens is 1510 g/mol. The highest BCUT2D eigenvalue weighted by atomic mass is 31.2. The van der Waals surface area contributed by atoms with E-state index in [1.54, 1.807) is 0 Å². The summed E-state index contributed by atoms with van der Waals surface area (Å²) in [6.07, 6.45) is 0. The van der Waals surface area contributed by atoms with E-state index in [9.17, 15) is 0 Å². The fourth-order valence-electron chi connectivity index (χ4n) is 19.0. The summed E-state index contributed by atoms with van der Waals surface area (Å²) in [4.78, 5) is 24.7. The summed E-state index contributed by atoms with van der Waals surface area (Å²) < 4.78 is 57.8. The molecule has 0 radical (unpaired) electrons. The number of benzene rings is 16. The van der Waals surface area contributed by atoms with Crippen molar-refractivity contribution in [1.82, 2.24) is 47.8 Å². The van der Waals surface area contributed by atoms with Crippen LogP contribution in [-0.4, -0.2) is 47.8 Å². The van der Waals surface area contributed by atoms with Crippen molar-refractivity contribution in [3.63, 3.8) is 0 Å². The van der Waals surface area contributed by atoms with E-state index < -0.39 is 21.4 Å². The minimum absolute atomic E-state index is 0.763. The van der Waals surface area contributed by atoms with Crippen molar-refractivity contribution in [2.24, 2.45) is 0 Å². The predicted molar refractivity (Wildman–Crippen MR) is 486 cm³/mol. The van der Waals surface area contributed by atoms with Gasteiger partial charge in [0.2, 0.25) is 0 Å². The largest absolute Gasteiger partial charge is 0.309 e. The van der Waals surface area contributed by atoms with Crippen LogP contribution in [0.1, 0.15) is 17.5 Å². The molecular formula is C102H69N10O3P3. The molecule has 9 heterocycles. The number of rotatable bonds is 7. The quantitative estimate of drug-likeness (QED) is 0.144. The lowest BCUT2D eigenvalue weighted by Gasteiger charge is -2.29. The van der Waals surface area contributed by atoms with Crippen molar-refractivity contribution in [1.29, 1.82) is 0 Å². The van der Waals surface area contributed by atoms with Crippen LogP contribution in [0.2, 0.25) is 0 Å². The molecule has 3 unspecified atom stereocenters. The maximum Gasteiger partial charge on any atom is 0.175 e. The van der Waals surface area contributed by atoms with Crippen molar-refractivity contribution in [2.45, 2.75) is 20.8 Å². The van der Waals surface area contributed by atoms with E-state index in [0.29, 0.717) is 0 Å². The van der Waals surface area contributed by atoms with E-state index in [-0.39, 0.29) is 0 Å². The topological polar surface area (TPSA) is 140 Å². The fraction of sp³-hybridized carbons (Fsp3) is 0.0294. The average Bonchev–Trinajstić information content (AvgIpc) is 1.44. The molecule has 0 bridgehead atoms. The number of para-hydroxylation sites is 8. The van der Waals surface area contributed by atoms with Crippen molar-refractivity contribution >= 4 is 168 Å². The summed E-state index contributed by atoms with van der Waals surface area (Å²) in [5, 5.41) is 14.8. The summed E-state index contributed by atoms with van der Waals surface area (Å²) in [7, 11) is -9.63. The first-order valence-corrected chi connectivity index (χ1v) is 44.7. The molecule has 0 saturated carbocycles. The van der Waals surface area contributed by atoms with Gasteiger partial charge >= 0.3 is 0 Å². The van der Waals surface area contributed by atoms with Gasteiger partial charge in [-0.15, -0.1) is 0 Å². The highest BCUT2D eigenvalue weighted by Crippen LogP contribution is 2.54. The van der Waals surface area contributed by atoms with Crippen molar-refractivity contribution in [2.75, 3.05) is 0 Å². The molecule has 560 valence electrons. The number of imidazole rings is 3. The van der Waals surface area contributed by atoms with Gasteiger partial charge in [-0.2, -0.15) is 0 Å². The lowest BCUT2D eigenvalue weighted by Crippen LogP contribution is -2.33. The summed E-state index contributed by atoms with van der Waals surface area (Å²) in [6, 6.07) is 123. The lowest BCUT2D eigenvalue weighted by molar-refractivity contribution is 0.591. The molecule has 16 heteroatoms. The molecule has 0 N–H and O–H groups in total. The smallest absolute Gasteiger partial charge is 0.175 e. The molecule has 0 saturated heterocycles. The summed E-state index contributed by atoms with van der Waals surface area (Å²) in [5.41, 5.74) is 19.8. The van der Waals surface area contributed by atoms with Crippen LogP contribution >= 0.6 is 21.4 Å². The molecule has 3 atom stereocenters. The number of aryl methyl sites for hydroxylation is 3. The van der Waals surface area contributed by atoms with Gasteiger partial charge in [0, 0.05) is 91.8 Å². The van der Waals surface area contributed by atoms with Gasteiger partial charge in [-0.1, -0.05) is 243 Å². The van der Waals surface area contributed by atoms with Crippen LogP contribution in [0.4, 0.5) is 0 Å². The van der Waals surface area contributed by atoms with Crippen molar-refractivity contribution in [3.8, 4) is 51.0 Å². The van der Waals surface area contributed by atoms with Crippen LogP contribution in [0, 0.1) is 20.8 Å². The van der Waals surface area contributed by atoms with Crippen LogP contribution in [0.3, 0.4) is 0 Å². The zero-order valence-corrected chi connectivity index (χ0v) is 66.9. The van der Waals surface area contributed by atoms with Crippen LogP contribution in [0.25, 0.3) is 149 Å². The maximum atomic E-state index is 15.6. The molecule has 13 nitrogen and oxygen atoms in total. The summed E-state index contributed by atoms with van der Waals surface area (Å²) in [6.45, 7) is 6.05. The first-order valence-electron chi connectivity index (χ1n) is 39.5. The van der Waals surface area contributed by atoms with Gasteiger partial charge in [-0.05, 0) is 153 Å². The zero-order valence-electron chi connectivity index (χ0n) is 64.2. The summed E-state index contributed by atoms with van der Waals surface area (Å²) >= 11 is 0. The second-order valence-corrected chi connectivity index (χ2v) is 38.6. The Morgan fingerprint density at radius 2 is 0.585 bits per heavy atom. The Hall–Kier alpha value is -14.2. The number of nitrogens with zero attached hydrogens (tertiary/aromatic N) is 10. The first kappa shape index (κ1) is 69.3. The molecule has 16 aromatic carbocycles. The van der Waals surface area contributed by atoms with Gasteiger partial charge in [0.15, 0.2) is 21.4 Å². The van der Waals surface area contributed by atoms with Crippen molar-refractivity contribution < 1.29 is 13.7 Å². The standard InChI is InChI=1S/C36H24N3OP.C34H23N4OP.C32H22N3OP/c1-23-37-29-15-9-17-33-36(29)38(23)31-21-19-25(22-34(31)41(33,40)26-11-3-2-4-12-26)39-30-16-8-7-14-28(30)35-27-13-6-5-10-24(27)18-20-32(35)39;1-22-35-28-17-10-18-30-34(28)38(22)29-20-19-24(21-31(29)40(30,39)25-13-6-3-7-14-25)33-32(23-11-4-2-5-12-23)36-26-15-8-9-16-27(26)37-33;1-21-33-26-14-9-17-30-32(26)34(21)29-19-18-22(20-31(29)37(30,36)23-10-3-2-4-11-23)35-27-15-7-5-12-24(27)25-13-6-8-16-28(25)35/h2-22H,1H3;2-21H,1H3;2-20H,1H3. The van der Waals surface area contributed by atoms with Crippen LogP contribution in [-0.2, 0) is 13.7 Å². The third-order valence-corrected chi connectivity index (χ3v) is 33.3. The molecule has 0 spiro atoms. The molecule has 0 amide bonds. The number of hydrogen-bond donors (Lipinski definition) is 0. The van der Waals surface area contributed by atoms with Gasteiger partial charge in [-0.25, -0.2) is 24.9 Å². The highest BCUT2D eigenvalue weighted by molar-refractivity contribution is 7.87. The Kier molecular flexibility index (Phi) is 15.5. The molecule has 3 aliphatic heterocycles. The Balaban J connectivity index is 0.000000104. The zero-order chi connectivity index (χ0) is 78.9. The highest BCUT2D eigenvalue weighted by Gasteiger charge is 2.44. The van der Waals surface area contributed by atoms with Gasteiger partial charge in [-0.3, -0.25) is 13.7 Å². The van der Waals surface area contributed by atoms with Crippen LogP contribution in [0.15, 0.2) is 364 Å². The molecule has 22 aromatic rings. The van der Waals surface area contributed by atoms with Gasteiger partial charge < -0.3 is 22.8 Å². The SMILES string of the molecule is Cc1nc2cccc3c2n1-c1ccc(-c2nc4ccccc4nc2-c2ccccc2)cc1P3(=O)c1ccccc1.Cc1nc2cccc3c2n1-c1ccc(-n2c4ccccc4c4c5ccccc5ccc42)cc1P3(=O)c1ccccc1.Cc1nc2cccc3c2n1-c1ccc(-n2c4ccccc4c4ccccc42)cc1P3(=O)c1ccccc1. The summed E-state index contributed by atoms with van der Waals surface area (Å²) in [5.74, 6) is 2.66. The minimum Gasteiger partial charge on any atom is -0.309 e. The van der Waals surface area contributed by atoms with Crippen molar-refractivity contribution in [3.05, 3.63) is 381 Å². The molecule has 0 fully saturated rings. The predicted octanol–water partition coefficient (Wildman–Crippen LogP) is 20.5. The third-order valence-electron chi connectivity index (χ3n) is 24.0. The molecule has 3 aliphatic rings. The van der Waals surface area contributed by atoms with Gasteiger partial charge in [0.25, 0.3) is 0 Å². The van der Waals surface area contributed by atoms with Crippen LogP contribution in [0.5, 0.6) is 0 Å². The molecule has 118 heavy (non-hydrogen) atoms. The van der Waals surface area contributed by atoms with E-state index in [1.807, 2.05) is 209 Å². The molecule has 25 rings (SSSR count). The van der Waals surface area contributed by atoms with Crippen LogP contribution < -0.4 is 47.7 Å². The number of fused-ring (bicyclic) bond motifs is 15. The normalized spacial score (nSPS) is 16.1. The average molecular weight is 1580 g/mol. The van der Waals surface area contributed by atoms with E-state index in [0.717, 1.165) is 182 Å². The third kappa shape index (κ3) is 10.1. The Morgan fingerprint density at radius 1 is 0.237 bits per heavy atom. The maximum absolute atomic E-state index is 15.6. The number of hydrogen-bond acceptors (Lipinski definition) is 8. The van der Waals surface area contributed by atoms with E-state index in [1.165, 1.54) is 32.3 Å². The Morgan fingerprint density at radius 3 is 1.04 bits per heavy atom. The Bertz CT molecular complexity index is 8120. The monoisotopic (exact) mass is 1570 g/mol. The molecule has 0 aliphatic carbocycles. The minimum atomic E-state index is -3.24. The lowest BCUT2D eigenvalue weighted by atomic mass is 10.0. The fourth-order valence-corrected chi connectivity index (χ4v) is 28.1.